The Bertz CT molecular complexity index is 172. The summed E-state index contributed by atoms with van der Waals surface area (Å²) >= 11 is 0. The number of carbonyl (C=O) groups excluding carboxylic acids is 1. The molecule has 0 amide bonds. The summed E-state index contributed by atoms with van der Waals surface area (Å²) in [5.41, 5.74) is 0. The predicted molar refractivity (Wildman–Crippen MR) is 51.4 cm³/mol. The maximum Gasteiger partial charge on any atom is 0.308 e. The lowest BCUT2D eigenvalue weighted by atomic mass is 9.96. The van der Waals surface area contributed by atoms with Crippen LogP contribution in [0.1, 0.15) is 26.7 Å². The molecule has 0 aromatic rings. The molecule has 1 rings (SSSR count). The Hall–Kier alpha value is -0.570. The summed E-state index contributed by atoms with van der Waals surface area (Å²) in [4.78, 5) is 13.6. The second-order valence-electron chi connectivity index (χ2n) is 3.93. The average Bonchev–Trinajstić information content (AvgIpc) is 2.17. The van der Waals surface area contributed by atoms with Gasteiger partial charge in [0.2, 0.25) is 0 Å². The average molecular weight is 185 g/mol. The van der Waals surface area contributed by atoms with E-state index in [0.717, 1.165) is 25.9 Å². The first-order valence-corrected chi connectivity index (χ1v) is 4.97. The summed E-state index contributed by atoms with van der Waals surface area (Å²) < 4.78 is 4.73. The molecule has 0 aliphatic carbocycles. The smallest absolute Gasteiger partial charge is 0.308 e. The van der Waals surface area contributed by atoms with Crippen LogP contribution < -0.4 is 0 Å². The first-order valence-electron chi connectivity index (χ1n) is 4.97. The predicted octanol–water partition coefficient (Wildman–Crippen LogP) is 1.28. The van der Waals surface area contributed by atoms with Gasteiger partial charge in [-0.1, -0.05) is 0 Å². The third-order valence-electron chi connectivity index (χ3n) is 2.79. The molecule has 1 heterocycles. The van der Waals surface area contributed by atoms with Crippen LogP contribution in [0.5, 0.6) is 0 Å². The van der Waals surface area contributed by atoms with Gasteiger partial charge < -0.3 is 9.64 Å². The lowest BCUT2D eigenvalue weighted by Gasteiger charge is -2.33. The van der Waals surface area contributed by atoms with E-state index in [1.807, 2.05) is 0 Å². The van der Waals surface area contributed by atoms with Crippen molar-refractivity contribution in [3.63, 3.8) is 0 Å². The van der Waals surface area contributed by atoms with Crippen LogP contribution in [0.2, 0.25) is 0 Å². The van der Waals surface area contributed by atoms with Gasteiger partial charge in [0.1, 0.15) is 0 Å². The van der Waals surface area contributed by atoms with Gasteiger partial charge in [0, 0.05) is 6.04 Å². The van der Waals surface area contributed by atoms with E-state index in [0.29, 0.717) is 6.04 Å². The molecule has 0 saturated carbocycles. The van der Waals surface area contributed by atoms with Crippen LogP contribution in [0.25, 0.3) is 0 Å². The van der Waals surface area contributed by atoms with E-state index < -0.39 is 0 Å². The number of hydrogen-bond donors (Lipinski definition) is 0. The number of likely N-dealkylation sites (tertiary alicyclic amines) is 1. The van der Waals surface area contributed by atoms with E-state index >= 15 is 0 Å². The largest absolute Gasteiger partial charge is 0.469 e. The Morgan fingerprint density at radius 2 is 1.92 bits per heavy atom. The summed E-state index contributed by atoms with van der Waals surface area (Å²) in [6.07, 6.45) is 1.90. The summed E-state index contributed by atoms with van der Waals surface area (Å²) in [7, 11) is 1.47. The van der Waals surface area contributed by atoms with E-state index in [4.69, 9.17) is 4.74 Å². The van der Waals surface area contributed by atoms with Crippen molar-refractivity contribution in [2.75, 3.05) is 20.2 Å². The Balaban J connectivity index is 2.34. The highest BCUT2D eigenvalue weighted by molar-refractivity contribution is 5.72. The van der Waals surface area contributed by atoms with E-state index in [1.165, 1.54) is 7.11 Å². The van der Waals surface area contributed by atoms with Gasteiger partial charge in [-0.25, -0.2) is 0 Å². The summed E-state index contributed by atoms with van der Waals surface area (Å²) in [5, 5.41) is 0. The van der Waals surface area contributed by atoms with Gasteiger partial charge in [0.15, 0.2) is 0 Å². The van der Waals surface area contributed by atoms with E-state index in [1.54, 1.807) is 0 Å². The normalized spacial score (nSPS) is 20.6. The molecule has 76 valence electrons. The highest BCUT2D eigenvalue weighted by Crippen LogP contribution is 2.19. The molecule has 13 heavy (non-hydrogen) atoms. The minimum absolute atomic E-state index is 0.0385. The molecule has 0 bridgehead atoms. The molecule has 1 aliphatic rings. The van der Waals surface area contributed by atoms with Gasteiger partial charge in [-0.05, 0) is 39.8 Å². The van der Waals surface area contributed by atoms with Crippen LogP contribution in [0.4, 0.5) is 0 Å². The first-order chi connectivity index (χ1) is 6.15. The molecular formula is C10H19NO2. The molecule has 0 spiro atoms. The Labute approximate surface area is 80.1 Å². The monoisotopic (exact) mass is 185 g/mol. The van der Waals surface area contributed by atoms with Gasteiger partial charge in [-0.2, -0.15) is 0 Å². The first kappa shape index (κ1) is 10.5. The topological polar surface area (TPSA) is 29.5 Å². The molecular weight excluding hydrogens is 166 g/mol. The lowest BCUT2D eigenvalue weighted by molar-refractivity contribution is -0.147. The number of nitrogens with zero attached hydrogens (tertiary/aromatic N) is 1. The number of ether oxygens (including phenoxy) is 1. The molecule has 0 radical (unpaired) electrons. The highest BCUT2D eigenvalue weighted by Gasteiger charge is 2.26. The number of methoxy groups -OCH3 is 1. The number of carbonyl (C=O) groups is 1. The van der Waals surface area contributed by atoms with Crippen molar-refractivity contribution in [2.24, 2.45) is 5.92 Å². The molecule has 0 aromatic heterocycles. The molecule has 1 fully saturated rings. The standard InChI is InChI=1S/C10H19NO2/c1-8(2)11-6-4-9(5-7-11)10(12)13-3/h8-9H,4-7H2,1-3H3. The number of esters is 1. The molecule has 3 heteroatoms. The van der Waals surface area contributed by atoms with Gasteiger partial charge in [0.05, 0.1) is 13.0 Å². The maximum absolute atomic E-state index is 11.2. The van der Waals surface area contributed by atoms with Crippen molar-refractivity contribution in [3.8, 4) is 0 Å². The molecule has 0 aromatic carbocycles. The van der Waals surface area contributed by atoms with E-state index in [-0.39, 0.29) is 11.9 Å². The second-order valence-corrected chi connectivity index (χ2v) is 3.93. The van der Waals surface area contributed by atoms with Crippen molar-refractivity contribution >= 4 is 5.97 Å². The second kappa shape index (κ2) is 4.61. The fraction of sp³-hybridized carbons (Fsp3) is 0.900. The van der Waals surface area contributed by atoms with Crippen molar-refractivity contribution < 1.29 is 9.53 Å². The fourth-order valence-electron chi connectivity index (χ4n) is 1.82. The molecule has 1 saturated heterocycles. The van der Waals surface area contributed by atoms with Gasteiger partial charge in [-0.3, -0.25) is 4.79 Å². The summed E-state index contributed by atoms with van der Waals surface area (Å²) in [5.74, 6) is 0.100. The summed E-state index contributed by atoms with van der Waals surface area (Å²) in [6, 6.07) is 0.596. The van der Waals surface area contributed by atoms with Crippen LogP contribution in [-0.4, -0.2) is 37.1 Å². The molecule has 0 atom stereocenters. The van der Waals surface area contributed by atoms with Crippen molar-refractivity contribution in [3.05, 3.63) is 0 Å². The van der Waals surface area contributed by atoms with E-state index in [9.17, 15) is 4.79 Å². The van der Waals surface area contributed by atoms with Gasteiger partial charge in [0.25, 0.3) is 0 Å². The zero-order valence-electron chi connectivity index (χ0n) is 8.75. The van der Waals surface area contributed by atoms with E-state index in [2.05, 4.69) is 18.7 Å². The highest BCUT2D eigenvalue weighted by atomic mass is 16.5. The molecule has 0 N–H and O–H groups in total. The zero-order chi connectivity index (χ0) is 9.84. The SMILES string of the molecule is COC(=O)C1CCN(C(C)C)CC1. The minimum atomic E-state index is -0.0385. The number of rotatable bonds is 2. The number of hydrogen-bond acceptors (Lipinski definition) is 3. The molecule has 3 nitrogen and oxygen atoms in total. The van der Waals surface area contributed by atoms with Crippen LogP contribution >= 0.6 is 0 Å². The molecule has 0 unspecified atom stereocenters. The van der Waals surface area contributed by atoms with Gasteiger partial charge >= 0.3 is 5.97 Å². The van der Waals surface area contributed by atoms with Crippen LogP contribution in [0.3, 0.4) is 0 Å². The number of piperidine rings is 1. The molecule has 1 aliphatic heterocycles. The third kappa shape index (κ3) is 2.69. The zero-order valence-corrected chi connectivity index (χ0v) is 8.75. The van der Waals surface area contributed by atoms with Gasteiger partial charge in [-0.15, -0.1) is 0 Å². The Morgan fingerprint density at radius 1 is 1.38 bits per heavy atom. The lowest BCUT2D eigenvalue weighted by Crippen LogP contribution is -2.40. The Kier molecular flexibility index (Phi) is 3.72. The fourth-order valence-corrected chi connectivity index (χ4v) is 1.82. The quantitative estimate of drug-likeness (QED) is 0.607. The Morgan fingerprint density at radius 3 is 2.31 bits per heavy atom. The summed E-state index contributed by atoms with van der Waals surface area (Å²) in [6.45, 7) is 6.44. The third-order valence-corrected chi connectivity index (χ3v) is 2.79. The van der Waals surface area contributed by atoms with Crippen LogP contribution in [-0.2, 0) is 9.53 Å². The van der Waals surface area contributed by atoms with Crippen LogP contribution in [0.15, 0.2) is 0 Å². The minimum Gasteiger partial charge on any atom is -0.469 e. The van der Waals surface area contributed by atoms with Crippen LogP contribution in [0, 0.1) is 5.92 Å². The van der Waals surface area contributed by atoms with Crippen molar-refractivity contribution in [1.82, 2.24) is 4.90 Å². The maximum atomic E-state index is 11.2. The van der Waals surface area contributed by atoms with Crippen molar-refractivity contribution in [1.29, 1.82) is 0 Å². The van der Waals surface area contributed by atoms with Crippen molar-refractivity contribution in [2.45, 2.75) is 32.7 Å².